The number of fused-ring (bicyclic) bond motifs is 1. The molecule has 0 saturated carbocycles. The zero-order valence-electron chi connectivity index (χ0n) is 17.1. The summed E-state index contributed by atoms with van der Waals surface area (Å²) in [7, 11) is 0. The van der Waals surface area contributed by atoms with E-state index in [1.54, 1.807) is 54.6 Å². The molecular formula is C25H16ClN3O4. The maximum atomic E-state index is 12.9. The summed E-state index contributed by atoms with van der Waals surface area (Å²) in [4.78, 5) is 32.8. The number of rotatable bonds is 6. The Hall–Kier alpha value is -4.41. The number of ether oxygens (including phenoxy) is 1. The van der Waals surface area contributed by atoms with Gasteiger partial charge in [-0.1, -0.05) is 41.9 Å². The highest BCUT2D eigenvalue weighted by molar-refractivity contribution is 6.30. The summed E-state index contributed by atoms with van der Waals surface area (Å²) in [5, 5.41) is 20.4. The number of hydrogen-bond donors (Lipinski definition) is 2. The molecule has 0 aliphatic heterocycles. The van der Waals surface area contributed by atoms with Gasteiger partial charge < -0.3 is 14.8 Å². The Morgan fingerprint density at radius 2 is 1.67 bits per heavy atom. The zero-order valence-corrected chi connectivity index (χ0v) is 17.8. The number of hydrogen-bond acceptors (Lipinski definition) is 6. The fourth-order valence-corrected chi connectivity index (χ4v) is 3.35. The molecule has 162 valence electrons. The molecule has 7 nitrogen and oxygen atoms in total. The number of nitrogens with one attached hydrogen (secondary N) is 1. The Balaban J connectivity index is 1.55. The number of carbonyl (C=O) groups is 2. The van der Waals surface area contributed by atoms with Crippen molar-refractivity contribution in [2.45, 2.75) is 0 Å². The van der Waals surface area contributed by atoms with E-state index in [0.717, 1.165) is 0 Å². The molecule has 4 rings (SSSR count). The van der Waals surface area contributed by atoms with Gasteiger partial charge in [0.15, 0.2) is 17.4 Å². The predicted octanol–water partition coefficient (Wildman–Crippen LogP) is 5.10. The van der Waals surface area contributed by atoms with Crippen LogP contribution in [0.1, 0.15) is 32.1 Å². The summed E-state index contributed by atoms with van der Waals surface area (Å²) in [5.41, 5.74) is 1.71. The first-order chi connectivity index (χ1) is 16.0. The van der Waals surface area contributed by atoms with Gasteiger partial charge in [-0.05, 0) is 42.5 Å². The predicted molar refractivity (Wildman–Crippen MR) is 123 cm³/mol. The molecule has 3 aromatic carbocycles. The van der Waals surface area contributed by atoms with Gasteiger partial charge in [0.25, 0.3) is 0 Å². The van der Waals surface area contributed by atoms with Crippen LogP contribution >= 0.6 is 11.6 Å². The maximum absolute atomic E-state index is 12.9. The van der Waals surface area contributed by atoms with Gasteiger partial charge in [-0.25, -0.2) is 9.78 Å². The minimum atomic E-state index is -0.818. The first-order valence-corrected chi connectivity index (χ1v) is 10.2. The van der Waals surface area contributed by atoms with Crippen molar-refractivity contribution >= 4 is 40.0 Å². The van der Waals surface area contributed by atoms with Gasteiger partial charge in [0, 0.05) is 16.1 Å². The number of ketones is 1. The Morgan fingerprint density at radius 1 is 1.00 bits per heavy atom. The number of aliphatic hydroxyl groups is 1. The summed E-state index contributed by atoms with van der Waals surface area (Å²) in [5.74, 6) is -1.50. The Bertz CT molecular complexity index is 1400. The van der Waals surface area contributed by atoms with Gasteiger partial charge >= 0.3 is 5.97 Å². The lowest BCUT2D eigenvalue weighted by Gasteiger charge is -2.09. The number of allylic oxidation sites excluding steroid dienone is 1. The lowest BCUT2D eigenvalue weighted by atomic mass is 9.98. The SMILES string of the molecule is N#C/C(=C(/O)COC(=O)c1ccccc1C(=O)c1ccc(Cl)cc1)c1nc2ccccc2[nH]1. The first-order valence-electron chi connectivity index (χ1n) is 9.81. The molecule has 0 amide bonds. The van der Waals surface area contributed by atoms with E-state index in [4.69, 9.17) is 16.3 Å². The van der Waals surface area contributed by atoms with Crippen molar-refractivity contribution in [3.63, 3.8) is 0 Å². The molecule has 8 heteroatoms. The number of nitrogens with zero attached hydrogens (tertiary/aromatic N) is 2. The number of aromatic nitrogens is 2. The number of para-hydroxylation sites is 2. The van der Waals surface area contributed by atoms with Gasteiger partial charge in [-0.2, -0.15) is 5.26 Å². The van der Waals surface area contributed by atoms with Crippen LogP contribution in [0.4, 0.5) is 0 Å². The number of aliphatic hydroxyl groups excluding tert-OH is 1. The fraction of sp³-hybridized carbons (Fsp3) is 0.0400. The van der Waals surface area contributed by atoms with E-state index < -0.39 is 18.3 Å². The second kappa shape index (κ2) is 9.39. The Labute approximate surface area is 193 Å². The van der Waals surface area contributed by atoms with E-state index in [0.29, 0.717) is 21.6 Å². The lowest BCUT2D eigenvalue weighted by Crippen LogP contribution is -2.14. The van der Waals surface area contributed by atoms with Crippen molar-refractivity contribution in [3.05, 3.63) is 106 Å². The van der Waals surface area contributed by atoms with E-state index in [1.807, 2.05) is 12.1 Å². The minimum Gasteiger partial charge on any atom is -0.507 e. The van der Waals surface area contributed by atoms with Crippen LogP contribution in [-0.4, -0.2) is 33.4 Å². The van der Waals surface area contributed by atoms with Gasteiger partial charge in [0.05, 0.1) is 16.6 Å². The molecule has 0 aliphatic rings. The third kappa shape index (κ3) is 4.61. The largest absolute Gasteiger partial charge is 0.507 e. The fourth-order valence-electron chi connectivity index (χ4n) is 3.23. The molecule has 33 heavy (non-hydrogen) atoms. The molecule has 0 aliphatic carbocycles. The first kappa shape index (κ1) is 21.8. The monoisotopic (exact) mass is 457 g/mol. The number of H-pyrrole nitrogens is 1. The number of halogens is 1. The molecule has 0 fully saturated rings. The summed E-state index contributed by atoms with van der Waals surface area (Å²) < 4.78 is 5.20. The van der Waals surface area contributed by atoms with E-state index in [-0.39, 0.29) is 28.3 Å². The van der Waals surface area contributed by atoms with Gasteiger partial charge in [-0.15, -0.1) is 0 Å². The molecular weight excluding hydrogens is 442 g/mol. The highest BCUT2D eigenvalue weighted by Gasteiger charge is 2.21. The molecule has 1 heterocycles. The van der Waals surface area contributed by atoms with Crippen LogP contribution in [0.2, 0.25) is 5.02 Å². The topological polar surface area (TPSA) is 116 Å². The maximum Gasteiger partial charge on any atom is 0.339 e. The van der Waals surface area contributed by atoms with Crippen LogP contribution in [0, 0.1) is 11.3 Å². The molecule has 0 spiro atoms. The van der Waals surface area contributed by atoms with Crippen LogP contribution in [-0.2, 0) is 4.74 Å². The van der Waals surface area contributed by atoms with Crippen LogP contribution in [0.15, 0.2) is 78.6 Å². The second-order valence-corrected chi connectivity index (χ2v) is 7.43. The summed E-state index contributed by atoms with van der Waals surface area (Å²) >= 11 is 5.88. The molecule has 0 saturated heterocycles. The van der Waals surface area contributed by atoms with E-state index in [2.05, 4.69) is 9.97 Å². The lowest BCUT2D eigenvalue weighted by molar-refractivity contribution is 0.0500. The van der Waals surface area contributed by atoms with Gasteiger partial charge in [0.2, 0.25) is 0 Å². The van der Waals surface area contributed by atoms with Gasteiger partial charge in [-0.3, -0.25) is 4.79 Å². The van der Waals surface area contributed by atoms with Crippen molar-refractivity contribution < 1.29 is 19.4 Å². The number of benzene rings is 3. The van der Waals surface area contributed by atoms with Crippen molar-refractivity contribution in [1.82, 2.24) is 9.97 Å². The number of imidazole rings is 1. The van der Waals surface area contributed by atoms with Crippen LogP contribution in [0.25, 0.3) is 16.6 Å². The quantitative estimate of drug-likeness (QED) is 0.180. The highest BCUT2D eigenvalue weighted by atomic mass is 35.5. The molecule has 0 unspecified atom stereocenters. The molecule has 0 radical (unpaired) electrons. The summed E-state index contributed by atoms with van der Waals surface area (Å²) in [6, 6.07) is 21.5. The van der Waals surface area contributed by atoms with E-state index in [9.17, 15) is 20.0 Å². The normalized spacial score (nSPS) is 11.5. The molecule has 2 N–H and O–H groups in total. The average molecular weight is 458 g/mol. The molecule has 0 atom stereocenters. The number of carbonyl (C=O) groups excluding carboxylic acids is 2. The summed E-state index contributed by atoms with van der Waals surface area (Å²) in [6.45, 7) is -0.567. The van der Waals surface area contributed by atoms with Crippen molar-refractivity contribution in [2.75, 3.05) is 6.61 Å². The standard InChI is InChI=1S/C25H16ClN3O4/c26-16-11-9-15(10-12-16)23(31)17-5-1-2-6-18(17)25(32)33-14-22(30)19(13-27)24-28-20-7-3-4-8-21(20)29-24/h1-12,30H,14H2,(H,28,29)/b22-19-. The third-order valence-electron chi connectivity index (χ3n) is 4.86. The molecule has 0 bridgehead atoms. The minimum absolute atomic E-state index is 0.0347. The van der Waals surface area contributed by atoms with Crippen molar-refractivity contribution in [2.24, 2.45) is 0 Å². The van der Waals surface area contributed by atoms with Gasteiger partial charge in [0.1, 0.15) is 18.2 Å². The number of esters is 1. The van der Waals surface area contributed by atoms with Crippen LogP contribution in [0.5, 0.6) is 0 Å². The average Bonchev–Trinajstić information content (AvgIpc) is 3.26. The van der Waals surface area contributed by atoms with Crippen LogP contribution < -0.4 is 0 Å². The number of nitriles is 1. The number of aromatic amines is 1. The third-order valence-corrected chi connectivity index (χ3v) is 5.12. The van der Waals surface area contributed by atoms with Crippen molar-refractivity contribution in [3.8, 4) is 6.07 Å². The summed E-state index contributed by atoms with van der Waals surface area (Å²) in [6.07, 6.45) is 0. The van der Waals surface area contributed by atoms with E-state index in [1.165, 1.54) is 12.1 Å². The van der Waals surface area contributed by atoms with E-state index >= 15 is 0 Å². The highest BCUT2D eigenvalue weighted by Crippen LogP contribution is 2.21. The second-order valence-electron chi connectivity index (χ2n) is 6.99. The molecule has 1 aromatic heterocycles. The smallest absolute Gasteiger partial charge is 0.339 e. The zero-order chi connectivity index (χ0) is 23.4. The van der Waals surface area contributed by atoms with Crippen molar-refractivity contribution in [1.29, 1.82) is 5.26 Å². The Kier molecular flexibility index (Phi) is 6.20. The molecule has 4 aromatic rings. The Morgan fingerprint density at radius 3 is 2.36 bits per heavy atom. The van der Waals surface area contributed by atoms with Crippen LogP contribution in [0.3, 0.4) is 0 Å².